The van der Waals surface area contributed by atoms with E-state index in [-0.39, 0.29) is 42.1 Å². The van der Waals surface area contributed by atoms with Gasteiger partial charge >= 0.3 is 0 Å². The minimum atomic E-state index is -0.302. The molecule has 7 nitrogen and oxygen atoms in total. The van der Waals surface area contributed by atoms with Gasteiger partial charge in [0.15, 0.2) is 5.96 Å². The molecule has 1 amide bonds. The van der Waals surface area contributed by atoms with Crippen molar-refractivity contribution in [2.45, 2.75) is 40.2 Å². The van der Waals surface area contributed by atoms with Crippen LogP contribution in [0.4, 0.5) is 4.39 Å². The van der Waals surface area contributed by atoms with E-state index in [1.54, 1.807) is 12.1 Å². The van der Waals surface area contributed by atoms with Crippen molar-refractivity contribution in [2.75, 3.05) is 26.2 Å². The van der Waals surface area contributed by atoms with Gasteiger partial charge in [-0.2, -0.15) is 5.10 Å². The Morgan fingerprint density at radius 2 is 1.83 bits per heavy atom. The molecule has 30 heavy (non-hydrogen) atoms. The van der Waals surface area contributed by atoms with Crippen molar-refractivity contribution in [1.82, 2.24) is 25.7 Å². The van der Waals surface area contributed by atoms with Crippen molar-refractivity contribution in [2.24, 2.45) is 4.99 Å². The topological polar surface area (TPSA) is 83.3 Å². The molecule has 0 atom stereocenters. The Kier molecular flexibility index (Phi) is 12.0. The molecule has 0 unspecified atom stereocenters. The minimum absolute atomic E-state index is 0. The van der Waals surface area contributed by atoms with E-state index in [0.29, 0.717) is 19.6 Å². The summed E-state index contributed by atoms with van der Waals surface area (Å²) in [6.07, 6.45) is 1.13. The van der Waals surface area contributed by atoms with Gasteiger partial charge in [-0.05, 0) is 51.0 Å². The third kappa shape index (κ3) is 9.55. The summed E-state index contributed by atoms with van der Waals surface area (Å²) in [6, 6.07) is 8.03. The number of carbonyl (C=O) groups excluding carboxylic acids is 1. The zero-order chi connectivity index (χ0) is 21.1. The predicted molar refractivity (Wildman–Crippen MR) is 129 cm³/mol. The molecule has 0 fully saturated rings. The van der Waals surface area contributed by atoms with Crippen LogP contribution in [-0.4, -0.2) is 47.8 Å². The number of rotatable bonds is 10. The highest BCUT2D eigenvalue weighted by Gasteiger charge is 2.04. The van der Waals surface area contributed by atoms with Crippen molar-refractivity contribution >= 4 is 35.8 Å². The maximum atomic E-state index is 12.9. The van der Waals surface area contributed by atoms with Crippen LogP contribution in [-0.2, 0) is 17.8 Å². The van der Waals surface area contributed by atoms with Crippen LogP contribution >= 0.6 is 24.0 Å². The van der Waals surface area contributed by atoms with Crippen LogP contribution in [0.15, 0.2) is 35.3 Å². The molecule has 9 heteroatoms. The lowest BCUT2D eigenvalue weighted by molar-refractivity contribution is -0.120. The zero-order valence-corrected chi connectivity index (χ0v) is 20.2. The number of amides is 1. The van der Waals surface area contributed by atoms with Crippen LogP contribution in [0.25, 0.3) is 0 Å². The Morgan fingerprint density at radius 1 is 1.13 bits per heavy atom. The van der Waals surface area contributed by atoms with Gasteiger partial charge < -0.3 is 16.0 Å². The molecule has 2 rings (SSSR count). The molecule has 0 aliphatic rings. The lowest BCUT2D eigenvalue weighted by Gasteiger charge is -2.12. The third-order valence-corrected chi connectivity index (χ3v) is 4.26. The number of hydrogen-bond acceptors (Lipinski definition) is 3. The molecule has 0 saturated heterocycles. The van der Waals surface area contributed by atoms with E-state index < -0.39 is 0 Å². The smallest absolute Gasteiger partial charge is 0.224 e. The second kappa shape index (κ2) is 13.9. The maximum Gasteiger partial charge on any atom is 0.224 e. The molecular weight excluding hydrogens is 498 g/mol. The van der Waals surface area contributed by atoms with Gasteiger partial charge in [-0.3, -0.25) is 14.5 Å². The van der Waals surface area contributed by atoms with Gasteiger partial charge in [0.1, 0.15) is 5.82 Å². The van der Waals surface area contributed by atoms with Crippen molar-refractivity contribution in [3.8, 4) is 0 Å². The second-order valence-electron chi connectivity index (χ2n) is 6.84. The van der Waals surface area contributed by atoms with Crippen molar-refractivity contribution in [3.63, 3.8) is 0 Å². The van der Waals surface area contributed by atoms with Gasteiger partial charge in [-0.1, -0.05) is 12.1 Å². The normalized spacial score (nSPS) is 11.0. The largest absolute Gasteiger partial charge is 0.357 e. The summed E-state index contributed by atoms with van der Waals surface area (Å²) in [5.74, 6) is 0.336. The number of nitrogens with one attached hydrogen (secondary N) is 3. The number of aliphatic imine (C=N–C) groups is 1. The first kappa shape index (κ1) is 25.9. The van der Waals surface area contributed by atoms with Gasteiger partial charge in [0.2, 0.25) is 5.91 Å². The summed E-state index contributed by atoms with van der Waals surface area (Å²) in [5.41, 5.74) is 2.98. The highest BCUT2D eigenvalue weighted by molar-refractivity contribution is 14.0. The standard InChI is InChI=1S/C21H31FN6O.HI/c1-4-23-21(25-10-5-13-28-17(3)14-16(2)27-28)26-12-11-24-20(29)15-18-6-8-19(22)9-7-18;/h6-9,14H,4-5,10-13,15H2,1-3H3,(H,24,29)(H2,23,25,26);1H. The molecule has 0 bridgehead atoms. The molecule has 1 aromatic heterocycles. The Hall–Kier alpha value is -2.17. The fourth-order valence-electron chi connectivity index (χ4n) is 2.89. The van der Waals surface area contributed by atoms with E-state index in [1.807, 2.05) is 18.5 Å². The summed E-state index contributed by atoms with van der Waals surface area (Å²) in [5, 5.41) is 13.7. The van der Waals surface area contributed by atoms with E-state index in [2.05, 4.69) is 39.0 Å². The van der Waals surface area contributed by atoms with Gasteiger partial charge in [0, 0.05) is 38.4 Å². The first-order valence-corrected chi connectivity index (χ1v) is 10.0. The van der Waals surface area contributed by atoms with Gasteiger partial charge in [0.25, 0.3) is 0 Å². The average molecular weight is 530 g/mol. The SMILES string of the molecule is CCNC(=NCCCn1nc(C)cc1C)NCCNC(=O)Cc1ccc(F)cc1.I. The van der Waals surface area contributed by atoms with E-state index in [1.165, 1.54) is 12.1 Å². The van der Waals surface area contributed by atoms with Crippen LogP contribution in [0, 0.1) is 19.7 Å². The summed E-state index contributed by atoms with van der Waals surface area (Å²) in [7, 11) is 0. The zero-order valence-electron chi connectivity index (χ0n) is 17.9. The average Bonchev–Trinajstić information content (AvgIpc) is 3.01. The lowest BCUT2D eigenvalue weighted by atomic mass is 10.1. The first-order valence-electron chi connectivity index (χ1n) is 10.0. The second-order valence-corrected chi connectivity index (χ2v) is 6.84. The third-order valence-electron chi connectivity index (χ3n) is 4.26. The van der Waals surface area contributed by atoms with Gasteiger partial charge in [-0.15, -0.1) is 24.0 Å². The Balaban J connectivity index is 0.00000450. The highest BCUT2D eigenvalue weighted by atomic mass is 127. The fourth-order valence-corrected chi connectivity index (χ4v) is 2.89. The number of hydrogen-bond donors (Lipinski definition) is 3. The molecular formula is C21H32FIN6O. The molecule has 1 aromatic carbocycles. The predicted octanol–water partition coefficient (Wildman–Crippen LogP) is 2.56. The van der Waals surface area contributed by atoms with Gasteiger partial charge in [-0.25, -0.2) is 4.39 Å². The minimum Gasteiger partial charge on any atom is -0.357 e. The Bertz CT molecular complexity index is 806. The molecule has 0 spiro atoms. The monoisotopic (exact) mass is 530 g/mol. The number of halogens is 2. The molecule has 0 radical (unpaired) electrons. The van der Waals surface area contributed by atoms with Crippen molar-refractivity contribution in [3.05, 3.63) is 53.1 Å². The quantitative estimate of drug-likeness (QED) is 0.191. The number of carbonyl (C=O) groups is 1. The Labute approximate surface area is 194 Å². The number of aromatic nitrogens is 2. The molecule has 3 N–H and O–H groups in total. The van der Waals surface area contributed by atoms with E-state index in [0.717, 1.165) is 42.4 Å². The van der Waals surface area contributed by atoms with Crippen LogP contribution in [0.2, 0.25) is 0 Å². The molecule has 0 aliphatic carbocycles. The number of benzene rings is 1. The number of nitrogens with zero attached hydrogens (tertiary/aromatic N) is 3. The Morgan fingerprint density at radius 3 is 2.47 bits per heavy atom. The van der Waals surface area contributed by atoms with Gasteiger partial charge in [0.05, 0.1) is 12.1 Å². The molecule has 1 heterocycles. The number of aryl methyl sites for hydroxylation is 3. The van der Waals surface area contributed by atoms with Crippen LogP contribution in [0.5, 0.6) is 0 Å². The summed E-state index contributed by atoms with van der Waals surface area (Å²) < 4.78 is 14.9. The fraction of sp³-hybridized carbons (Fsp3) is 0.476. The van der Waals surface area contributed by atoms with Crippen LogP contribution in [0.3, 0.4) is 0 Å². The van der Waals surface area contributed by atoms with E-state index in [4.69, 9.17) is 0 Å². The van der Waals surface area contributed by atoms with Crippen LogP contribution in [0.1, 0.15) is 30.3 Å². The lowest BCUT2D eigenvalue weighted by Crippen LogP contribution is -2.41. The van der Waals surface area contributed by atoms with Crippen LogP contribution < -0.4 is 16.0 Å². The highest BCUT2D eigenvalue weighted by Crippen LogP contribution is 2.03. The van der Waals surface area contributed by atoms with E-state index in [9.17, 15) is 9.18 Å². The maximum absolute atomic E-state index is 12.9. The van der Waals surface area contributed by atoms with Crippen molar-refractivity contribution < 1.29 is 9.18 Å². The summed E-state index contributed by atoms with van der Waals surface area (Å²) in [6.45, 7) is 9.39. The van der Waals surface area contributed by atoms with Crippen molar-refractivity contribution in [1.29, 1.82) is 0 Å². The molecule has 0 saturated carbocycles. The molecule has 0 aliphatic heterocycles. The number of guanidine groups is 1. The first-order chi connectivity index (χ1) is 14.0. The summed E-state index contributed by atoms with van der Waals surface area (Å²) in [4.78, 5) is 16.5. The molecule has 166 valence electrons. The van der Waals surface area contributed by atoms with E-state index >= 15 is 0 Å². The summed E-state index contributed by atoms with van der Waals surface area (Å²) >= 11 is 0. The molecule has 2 aromatic rings.